The third kappa shape index (κ3) is 2.51. The van der Waals surface area contributed by atoms with E-state index in [9.17, 15) is 0 Å². The molecule has 2 aromatic carbocycles. The maximum atomic E-state index is 6.37. The molecule has 26 heavy (non-hydrogen) atoms. The minimum Gasteiger partial charge on any atom is -0.344 e. The second kappa shape index (κ2) is 6.14. The molecule has 2 atom stereocenters. The first kappa shape index (κ1) is 16.4. The molecule has 2 bridgehead atoms. The van der Waals surface area contributed by atoms with Gasteiger partial charge in [0.1, 0.15) is 0 Å². The number of benzene rings is 2. The van der Waals surface area contributed by atoms with Crippen molar-refractivity contribution in [3.05, 3.63) is 69.9 Å². The molecule has 5 rings (SSSR count). The van der Waals surface area contributed by atoms with E-state index in [0.29, 0.717) is 12.1 Å². The molecule has 0 N–H and O–H groups in total. The molecule has 2 nitrogen and oxygen atoms in total. The van der Waals surface area contributed by atoms with Gasteiger partial charge in [-0.1, -0.05) is 41.4 Å². The predicted molar refractivity (Wildman–Crippen MR) is 109 cm³/mol. The van der Waals surface area contributed by atoms with Crippen molar-refractivity contribution in [2.45, 2.75) is 51.2 Å². The van der Waals surface area contributed by atoms with Gasteiger partial charge in [0, 0.05) is 46.7 Å². The van der Waals surface area contributed by atoms with Gasteiger partial charge in [-0.2, -0.15) is 0 Å². The van der Waals surface area contributed by atoms with Crippen molar-refractivity contribution in [2.24, 2.45) is 0 Å². The molecule has 3 heteroatoms. The highest BCUT2D eigenvalue weighted by Gasteiger charge is 2.40. The fourth-order valence-electron chi connectivity index (χ4n) is 5.08. The fourth-order valence-corrected chi connectivity index (χ4v) is 5.25. The van der Waals surface area contributed by atoms with Gasteiger partial charge in [-0.25, -0.2) is 0 Å². The van der Waals surface area contributed by atoms with E-state index in [2.05, 4.69) is 59.8 Å². The van der Waals surface area contributed by atoms with Crippen molar-refractivity contribution in [1.29, 1.82) is 0 Å². The highest BCUT2D eigenvalue weighted by molar-refractivity contribution is 6.31. The predicted octanol–water partition coefficient (Wildman–Crippen LogP) is 5.54. The maximum absolute atomic E-state index is 6.37. The van der Waals surface area contributed by atoms with Crippen LogP contribution < -0.4 is 0 Å². The average molecular weight is 365 g/mol. The van der Waals surface area contributed by atoms with Crippen LogP contribution in [-0.4, -0.2) is 22.6 Å². The Balaban J connectivity index is 1.59. The Morgan fingerprint density at radius 3 is 2.69 bits per heavy atom. The molecule has 0 aliphatic carbocycles. The summed E-state index contributed by atoms with van der Waals surface area (Å²) in [7, 11) is 2.30. The molecular formula is C23H25ClN2. The van der Waals surface area contributed by atoms with Crippen LogP contribution in [0.3, 0.4) is 0 Å². The van der Waals surface area contributed by atoms with Crippen molar-refractivity contribution < 1.29 is 0 Å². The van der Waals surface area contributed by atoms with Gasteiger partial charge in [-0.3, -0.25) is 4.90 Å². The van der Waals surface area contributed by atoms with Crippen molar-refractivity contribution >= 4 is 22.5 Å². The van der Waals surface area contributed by atoms with Crippen LogP contribution in [0.2, 0.25) is 5.02 Å². The third-order valence-electron chi connectivity index (χ3n) is 6.52. The van der Waals surface area contributed by atoms with E-state index >= 15 is 0 Å². The van der Waals surface area contributed by atoms with E-state index in [4.69, 9.17) is 11.6 Å². The molecule has 3 heterocycles. The minimum atomic E-state index is 0.561. The normalized spacial score (nSPS) is 22.1. The van der Waals surface area contributed by atoms with Crippen LogP contribution in [0.5, 0.6) is 0 Å². The number of fused-ring (bicyclic) bond motifs is 6. The molecule has 2 aliphatic rings. The molecule has 0 radical (unpaired) electrons. The molecule has 2 unspecified atom stereocenters. The van der Waals surface area contributed by atoms with Gasteiger partial charge < -0.3 is 4.57 Å². The zero-order valence-corrected chi connectivity index (χ0v) is 16.3. The lowest BCUT2D eigenvalue weighted by molar-refractivity contribution is 0.222. The number of halogens is 1. The summed E-state index contributed by atoms with van der Waals surface area (Å²) in [5.74, 6) is 0. The van der Waals surface area contributed by atoms with Gasteiger partial charge >= 0.3 is 0 Å². The molecule has 0 saturated carbocycles. The van der Waals surface area contributed by atoms with Crippen LogP contribution in [-0.2, 0) is 19.4 Å². The van der Waals surface area contributed by atoms with Crippen molar-refractivity contribution in [2.75, 3.05) is 7.05 Å². The number of hydrogen-bond acceptors (Lipinski definition) is 1. The number of hydrogen-bond donors (Lipinski definition) is 0. The Hall–Kier alpha value is -1.77. The van der Waals surface area contributed by atoms with Gasteiger partial charge in [0.2, 0.25) is 0 Å². The van der Waals surface area contributed by atoms with Crippen LogP contribution in [0.4, 0.5) is 0 Å². The molecule has 0 spiro atoms. The van der Waals surface area contributed by atoms with Crippen molar-refractivity contribution in [3.8, 4) is 0 Å². The largest absolute Gasteiger partial charge is 0.344 e. The van der Waals surface area contributed by atoms with E-state index in [1.807, 2.05) is 6.07 Å². The fraction of sp³-hybridized carbons (Fsp3) is 0.391. The highest BCUT2D eigenvalue weighted by atomic mass is 35.5. The molecule has 134 valence electrons. The summed E-state index contributed by atoms with van der Waals surface area (Å²) >= 11 is 6.37. The lowest BCUT2D eigenvalue weighted by atomic mass is 9.97. The summed E-state index contributed by atoms with van der Waals surface area (Å²) in [4.78, 5) is 2.59. The molecule has 3 aromatic rings. The molecule has 2 aliphatic heterocycles. The lowest BCUT2D eigenvalue weighted by Gasteiger charge is -2.32. The smallest absolute Gasteiger partial charge is 0.0487 e. The Labute approximate surface area is 160 Å². The lowest BCUT2D eigenvalue weighted by Crippen LogP contribution is -2.34. The first-order valence-electron chi connectivity index (χ1n) is 9.70. The van der Waals surface area contributed by atoms with Crippen LogP contribution in [0.25, 0.3) is 10.9 Å². The summed E-state index contributed by atoms with van der Waals surface area (Å²) in [5.41, 5.74) is 7.19. The number of rotatable bonds is 3. The molecule has 1 aromatic heterocycles. The molecule has 1 saturated heterocycles. The SMILES string of the molecule is Cc1ccc(CCn2c3c(c4cc(Cl)ccc42)C2CCC(C3)N2C)cc1. The number of aromatic nitrogens is 1. The summed E-state index contributed by atoms with van der Waals surface area (Å²) in [6, 6.07) is 16.7. The summed E-state index contributed by atoms with van der Waals surface area (Å²) in [6.07, 6.45) is 4.83. The molecular weight excluding hydrogens is 340 g/mol. The number of nitrogens with zero attached hydrogens (tertiary/aromatic N) is 2. The van der Waals surface area contributed by atoms with Crippen molar-refractivity contribution in [3.63, 3.8) is 0 Å². The van der Waals surface area contributed by atoms with E-state index in [1.54, 1.807) is 11.3 Å². The van der Waals surface area contributed by atoms with E-state index in [-0.39, 0.29) is 0 Å². The molecule has 0 amide bonds. The zero-order valence-electron chi connectivity index (χ0n) is 15.5. The Bertz CT molecular complexity index is 970. The van der Waals surface area contributed by atoms with Gasteiger partial charge in [0.25, 0.3) is 0 Å². The Morgan fingerprint density at radius 1 is 1.08 bits per heavy atom. The van der Waals surface area contributed by atoms with Crippen LogP contribution in [0.15, 0.2) is 42.5 Å². The average Bonchev–Trinajstić information content (AvgIpc) is 3.04. The Kier molecular flexibility index (Phi) is 3.88. The minimum absolute atomic E-state index is 0.561. The van der Waals surface area contributed by atoms with E-state index in [0.717, 1.165) is 18.0 Å². The third-order valence-corrected chi connectivity index (χ3v) is 6.76. The van der Waals surface area contributed by atoms with Gasteiger partial charge in [-0.05, 0) is 62.6 Å². The van der Waals surface area contributed by atoms with Crippen molar-refractivity contribution in [1.82, 2.24) is 9.47 Å². The Morgan fingerprint density at radius 2 is 1.88 bits per heavy atom. The number of likely N-dealkylation sites (N-methyl/N-ethyl adjacent to an activating group) is 1. The highest BCUT2D eigenvalue weighted by Crippen LogP contribution is 2.47. The summed E-state index contributed by atoms with van der Waals surface area (Å²) in [6.45, 7) is 3.19. The van der Waals surface area contributed by atoms with Gasteiger partial charge in [0.05, 0.1) is 0 Å². The summed E-state index contributed by atoms with van der Waals surface area (Å²) < 4.78 is 2.58. The number of aryl methyl sites for hydroxylation is 3. The first-order chi connectivity index (χ1) is 12.6. The van der Waals surface area contributed by atoms with E-state index in [1.165, 1.54) is 41.3 Å². The van der Waals surface area contributed by atoms with Crippen LogP contribution >= 0.6 is 11.6 Å². The summed E-state index contributed by atoms with van der Waals surface area (Å²) in [5, 5.41) is 2.22. The van der Waals surface area contributed by atoms with E-state index < -0.39 is 0 Å². The van der Waals surface area contributed by atoms with Gasteiger partial charge in [-0.15, -0.1) is 0 Å². The standard InChI is InChI=1S/C23H25ClN2/c1-15-3-5-16(6-4-15)11-12-26-20-9-7-17(24)13-19(20)23-21-10-8-18(25(21)2)14-22(23)26/h3-7,9,13,18,21H,8,10-12,14H2,1-2H3. The second-order valence-corrected chi connectivity index (χ2v) is 8.46. The first-order valence-corrected chi connectivity index (χ1v) is 10.1. The quantitative estimate of drug-likeness (QED) is 0.592. The van der Waals surface area contributed by atoms with Gasteiger partial charge in [0.15, 0.2) is 0 Å². The van der Waals surface area contributed by atoms with Crippen LogP contribution in [0.1, 0.15) is 41.3 Å². The zero-order chi connectivity index (χ0) is 17.8. The van der Waals surface area contributed by atoms with Crippen LogP contribution in [0, 0.1) is 6.92 Å². The topological polar surface area (TPSA) is 8.17 Å². The maximum Gasteiger partial charge on any atom is 0.0487 e. The second-order valence-electron chi connectivity index (χ2n) is 8.03. The molecule has 1 fully saturated rings. The monoisotopic (exact) mass is 364 g/mol.